The number of hydrogen-bond acceptors (Lipinski definition) is 6. The van der Waals surface area contributed by atoms with Crippen LogP contribution in [-0.4, -0.2) is 23.5 Å². The van der Waals surface area contributed by atoms with E-state index in [2.05, 4.69) is 15.6 Å². The number of carbonyl (C=O) groups is 2. The molecule has 8 heteroatoms. The van der Waals surface area contributed by atoms with E-state index in [-0.39, 0.29) is 18.2 Å². The van der Waals surface area contributed by atoms with Gasteiger partial charge in [0, 0.05) is 23.5 Å². The molecule has 0 radical (unpaired) electrons. The van der Waals surface area contributed by atoms with Gasteiger partial charge < -0.3 is 15.4 Å². The van der Waals surface area contributed by atoms with Crippen LogP contribution in [0, 0.1) is 0 Å². The minimum absolute atomic E-state index is 0.172. The Morgan fingerprint density at radius 3 is 2.46 bits per heavy atom. The molecule has 144 valence electrons. The summed E-state index contributed by atoms with van der Waals surface area (Å²) in [6.45, 7) is 0.574. The van der Waals surface area contributed by atoms with Gasteiger partial charge >= 0.3 is 5.97 Å². The van der Waals surface area contributed by atoms with Crippen LogP contribution in [0.3, 0.4) is 0 Å². The Hall–Kier alpha value is -2.90. The van der Waals surface area contributed by atoms with Crippen molar-refractivity contribution in [3.05, 3.63) is 81.8 Å². The van der Waals surface area contributed by atoms with Gasteiger partial charge in [0.05, 0.1) is 0 Å². The second-order valence-corrected chi connectivity index (χ2v) is 7.15. The molecule has 0 fully saturated rings. The molecule has 1 aromatic heterocycles. The van der Waals surface area contributed by atoms with Crippen molar-refractivity contribution in [3.8, 4) is 0 Å². The van der Waals surface area contributed by atoms with E-state index in [0.29, 0.717) is 23.2 Å². The van der Waals surface area contributed by atoms with Crippen molar-refractivity contribution < 1.29 is 14.3 Å². The van der Waals surface area contributed by atoms with Gasteiger partial charge in [-0.1, -0.05) is 54.1 Å². The van der Waals surface area contributed by atoms with E-state index in [4.69, 9.17) is 16.3 Å². The van der Waals surface area contributed by atoms with Crippen LogP contribution in [-0.2, 0) is 22.6 Å². The molecule has 0 aliphatic rings. The summed E-state index contributed by atoms with van der Waals surface area (Å²) in [5, 5.41) is 8.68. The zero-order valence-electron chi connectivity index (χ0n) is 14.9. The molecule has 6 nitrogen and oxygen atoms in total. The first kappa shape index (κ1) is 19.9. The smallest absolute Gasteiger partial charge is 0.358 e. The number of halogens is 1. The van der Waals surface area contributed by atoms with Crippen molar-refractivity contribution in [2.45, 2.75) is 13.1 Å². The van der Waals surface area contributed by atoms with Crippen molar-refractivity contribution in [2.24, 2.45) is 0 Å². The average molecular weight is 416 g/mol. The first-order valence-electron chi connectivity index (χ1n) is 8.52. The van der Waals surface area contributed by atoms with Gasteiger partial charge in [0.1, 0.15) is 0 Å². The zero-order chi connectivity index (χ0) is 19.8. The van der Waals surface area contributed by atoms with Crippen molar-refractivity contribution in [1.29, 1.82) is 0 Å². The molecule has 0 aliphatic carbocycles. The van der Waals surface area contributed by atoms with E-state index in [1.807, 2.05) is 42.5 Å². The van der Waals surface area contributed by atoms with Gasteiger partial charge in [0.2, 0.25) is 0 Å². The Bertz CT molecular complexity index is 929. The number of amides is 1. The van der Waals surface area contributed by atoms with Crippen molar-refractivity contribution >= 4 is 39.9 Å². The molecule has 1 amide bonds. The summed E-state index contributed by atoms with van der Waals surface area (Å²) in [7, 11) is 0. The van der Waals surface area contributed by atoms with Crippen LogP contribution >= 0.6 is 22.9 Å². The monoisotopic (exact) mass is 415 g/mol. The largest absolute Gasteiger partial charge is 0.451 e. The Morgan fingerprint density at radius 2 is 1.71 bits per heavy atom. The van der Waals surface area contributed by atoms with Crippen LogP contribution in [0.25, 0.3) is 0 Å². The Balaban J connectivity index is 1.41. The number of carbonyl (C=O) groups excluding carboxylic acids is 2. The molecule has 1 heterocycles. The average Bonchev–Trinajstić information content (AvgIpc) is 3.20. The predicted molar refractivity (Wildman–Crippen MR) is 109 cm³/mol. The van der Waals surface area contributed by atoms with Gasteiger partial charge in [-0.05, 0) is 23.3 Å². The van der Waals surface area contributed by atoms with E-state index in [9.17, 15) is 9.59 Å². The standard InChI is InChI=1S/C20H18ClN3O3S/c21-16-8-6-15(7-9-16)10-22-18(25)12-27-19(26)17-13-28-20(24-17)23-11-14-4-2-1-3-5-14/h1-9,13H,10-12H2,(H,22,25)(H,23,24). The molecule has 2 N–H and O–H groups in total. The molecule has 0 spiro atoms. The summed E-state index contributed by atoms with van der Waals surface area (Å²) in [5.41, 5.74) is 2.18. The fourth-order valence-electron chi connectivity index (χ4n) is 2.28. The number of nitrogens with zero attached hydrogens (tertiary/aromatic N) is 1. The number of thiazole rings is 1. The Kier molecular flexibility index (Phi) is 7.00. The van der Waals surface area contributed by atoms with Crippen LogP contribution in [0.4, 0.5) is 5.13 Å². The highest BCUT2D eigenvalue weighted by Crippen LogP contribution is 2.17. The van der Waals surface area contributed by atoms with E-state index >= 15 is 0 Å². The highest BCUT2D eigenvalue weighted by Gasteiger charge is 2.14. The third-order valence-electron chi connectivity index (χ3n) is 3.74. The van der Waals surface area contributed by atoms with E-state index in [0.717, 1.165) is 11.1 Å². The highest BCUT2D eigenvalue weighted by molar-refractivity contribution is 7.13. The molecule has 0 bridgehead atoms. The lowest BCUT2D eigenvalue weighted by molar-refractivity contribution is -0.124. The van der Waals surface area contributed by atoms with E-state index < -0.39 is 5.97 Å². The fourth-order valence-corrected chi connectivity index (χ4v) is 3.09. The van der Waals surface area contributed by atoms with E-state index in [1.165, 1.54) is 11.3 Å². The lowest BCUT2D eigenvalue weighted by Gasteiger charge is -2.06. The van der Waals surface area contributed by atoms with Gasteiger partial charge in [-0.2, -0.15) is 0 Å². The van der Waals surface area contributed by atoms with Crippen LogP contribution in [0.5, 0.6) is 0 Å². The second kappa shape index (κ2) is 9.87. The number of rotatable bonds is 8. The summed E-state index contributed by atoms with van der Waals surface area (Å²) in [5.74, 6) is -1.02. The number of anilines is 1. The number of aromatic nitrogens is 1. The van der Waals surface area contributed by atoms with Crippen molar-refractivity contribution in [3.63, 3.8) is 0 Å². The van der Waals surface area contributed by atoms with Gasteiger partial charge in [-0.15, -0.1) is 11.3 Å². The summed E-state index contributed by atoms with van der Waals surface area (Å²) >= 11 is 7.12. The SMILES string of the molecule is O=C(COC(=O)c1csc(NCc2ccccc2)n1)NCc1ccc(Cl)cc1. The zero-order valence-corrected chi connectivity index (χ0v) is 16.4. The second-order valence-electron chi connectivity index (χ2n) is 5.86. The third kappa shape index (κ3) is 6.07. The molecule has 0 aliphatic heterocycles. The Morgan fingerprint density at radius 1 is 1.00 bits per heavy atom. The minimum atomic E-state index is -0.634. The molecular formula is C20H18ClN3O3S. The van der Waals surface area contributed by atoms with Crippen LogP contribution in [0.15, 0.2) is 60.0 Å². The lowest BCUT2D eigenvalue weighted by Crippen LogP contribution is -2.28. The number of esters is 1. The van der Waals surface area contributed by atoms with Gasteiger partial charge in [-0.3, -0.25) is 4.79 Å². The molecular weight excluding hydrogens is 398 g/mol. The molecule has 0 atom stereocenters. The summed E-state index contributed by atoms with van der Waals surface area (Å²) in [6, 6.07) is 17.0. The maximum Gasteiger partial charge on any atom is 0.358 e. The number of nitrogens with one attached hydrogen (secondary N) is 2. The topological polar surface area (TPSA) is 80.3 Å². The first-order valence-corrected chi connectivity index (χ1v) is 9.77. The molecule has 28 heavy (non-hydrogen) atoms. The minimum Gasteiger partial charge on any atom is -0.451 e. The van der Waals surface area contributed by atoms with Crippen molar-refractivity contribution in [1.82, 2.24) is 10.3 Å². The maximum absolute atomic E-state index is 12.0. The summed E-state index contributed by atoms with van der Waals surface area (Å²) < 4.78 is 5.02. The maximum atomic E-state index is 12.0. The number of ether oxygens (including phenoxy) is 1. The number of benzene rings is 2. The number of hydrogen-bond donors (Lipinski definition) is 2. The third-order valence-corrected chi connectivity index (χ3v) is 4.79. The molecule has 3 aromatic rings. The predicted octanol–water partition coefficient (Wildman–Crippen LogP) is 3.88. The molecule has 0 unspecified atom stereocenters. The van der Waals surface area contributed by atoms with Gasteiger partial charge in [-0.25, -0.2) is 9.78 Å². The van der Waals surface area contributed by atoms with Crippen LogP contribution in [0.2, 0.25) is 5.02 Å². The molecule has 0 saturated carbocycles. The van der Waals surface area contributed by atoms with Crippen LogP contribution in [0.1, 0.15) is 21.6 Å². The normalized spacial score (nSPS) is 10.3. The molecule has 2 aromatic carbocycles. The quantitative estimate of drug-likeness (QED) is 0.546. The summed E-state index contributed by atoms with van der Waals surface area (Å²) in [4.78, 5) is 28.1. The first-order chi connectivity index (χ1) is 13.6. The highest BCUT2D eigenvalue weighted by atomic mass is 35.5. The fraction of sp³-hybridized carbons (Fsp3) is 0.150. The molecule has 3 rings (SSSR count). The van der Waals surface area contributed by atoms with Crippen molar-refractivity contribution in [2.75, 3.05) is 11.9 Å². The van der Waals surface area contributed by atoms with Gasteiger partial charge in [0.15, 0.2) is 17.4 Å². The molecule has 0 saturated heterocycles. The Labute approximate surface area is 171 Å². The lowest BCUT2D eigenvalue weighted by atomic mass is 10.2. The van der Waals surface area contributed by atoms with Gasteiger partial charge in [0.25, 0.3) is 5.91 Å². The van der Waals surface area contributed by atoms with E-state index in [1.54, 1.807) is 17.5 Å². The van der Waals surface area contributed by atoms with Crippen LogP contribution < -0.4 is 10.6 Å². The summed E-state index contributed by atoms with van der Waals surface area (Å²) in [6.07, 6.45) is 0.